The van der Waals surface area contributed by atoms with E-state index in [1.54, 1.807) is 31.4 Å². The molecule has 1 aromatic heterocycles. The molecule has 2 N–H and O–H groups in total. The molecule has 27 heavy (non-hydrogen) atoms. The van der Waals surface area contributed by atoms with Gasteiger partial charge in [-0.15, -0.1) is 0 Å². The lowest BCUT2D eigenvalue weighted by molar-refractivity contribution is -0.139. The maximum absolute atomic E-state index is 12.3. The zero-order valence-electron chi connectivity index (χ0n) is 14.9. The van der Waals surface area contributed by atoms with E-state index in [9.17, 15) is 14.4 Å². The largest absolute Gasteiger partial charge is 0.482 e. The van der Waals surface area contributed by atoms with Crippen LogP contribution in [-0.2, 0) is 9.59 Å². The van der Waals surface area contributed by atoms with E-state index in [4.69, 9.17) is 9.84 Å². The van der Waals surface area contributed by atoms with Crippen LogP contribution in [0.25, 0.3) is 0 Å². The van der Waals surface area contributed by atoms with E-state index in [0.717, 1.165) is 0 Å². The lowest BCUT2D eigenvalue weighted by atomic mass is 10.1. The Labute approximate surface area is 156 Å². The first-order valence-corrected chi connectivity index (χ1v) is 8.32. The van der Waals surface area contributed by atoms with Gasteiger partial charge in [-0.1, -0.05) is 6.07 Å². The van der Waals surface area contributed by atoms with Gasteiger partial charge >= 0.3 is 5.97 Å². The van der Waals surface area contributed by atoms with Crippen LogP contribution in [-0.4, -0.2) is 59.4 Å². The van der Waals surface area contributed by atoms with Crippen LogP contribution in [0, 0.1) is 0 Å². The highest BCUT2D eigenvalue weighted by Gasteiger charge is 2.14. The van der Waals surface area contributed by atoms with Crippen LogP contribution in [0.5, 0.6) is 5.75 Å². The van der Waals surface area contributed by atoms with Crippen molar-refractivity contribution in [3.8, 4) is 5.75 Å². The van der Waals surface area contributed by atoms with Gasteiger partial charge in [0.1, 0.15) is 11.6 Å². The quantitative estimate of drug-likeness (QED) is 0.612. The van der Waals surface area contributed by atoms with Crippen molar-refractivity contribution in [2.24, 2.45) is 0 Å². The molecule has 0 aliphatic carbocycles. The number of ketones is 1. The first kappa shape index (κ1) is 19.9. The summed E-state index contributed by atoms with van der Waals surface area (Å²) in [6.45, 7) is -0.0706. The van der Waals surface area contributed by atoms with Crippen LogP contribution >= 0.6 is 0 Å². The van der Waals surface area contributed by atoms with E-state index in [0.29, 0.717) is 23.7 Å². The number of nitrogens with zero attached hydrogens (tertiary/aromatic N) is 2. The molecule has 0 spiro atoms. The number of ether oxygens (including phenoxy) is 1. The van der Waals surface area contributed by atoms with Gasteiger partial charge in [-0.2, -0.15) is 0 Å². The number of likely N-dealkylation sites (N-methyl/N-ethyl adjacent to an activating group) is 1. The molecular weight excluding hydrogens is 350 g/mol. The van der Waals surface area contributed by atoms with Crippen LogP contribution in [0.1, 0.15) is 16.8 Å². The number of nitrogens with one attached hydrogen (secondary N) is 1. The first-order valence-electron chi connectivity index (χ1n) is 8.32. The first-order chi connectivity index (χ1) is 13.0. The van der Waals surface area contributed by atoms with Gasteiger partial charge in [0, 0.05) is 31.8 Å². The van der Waals surface area contributed by atoms with Crippen molar-refractivity contribution in [3.05, 3.63) is 54.2 Å². The summed E-state index contributed by atoms with van der Waals surface area (Å²) in [5, 5.41) is 11.6. The van der Waals surface area contributed by atoms with Crippen LogP contribution < -0.4 is 10.1 Å². The third-order valence-corrected chi connectivity index (χ3v) is 3.66. The highest BCUT2D eigenvalue weighted by atomic mass is 16.5. The molecule has 0 saturated carbocycles. The Hall–Kier alpha value is -3.42. The number of aliphatic carboxylic acids is 1. The van der Waals surface area contributed by atoms with Gasteiger partial charge in [0.15, 0.2) is 12.4 Å². The number of anilines is 1. The lowest BCUT2D eigenvalue weighted by Crippen LogP contribution is -2.33. The van der Waals surface area contributed by atoms with Gasteiger partial charge in [0.05, 0.1) is 6.54 Å². The number of aromatic nitrogens is 1. The van der Waals surface area contributed by atoms with Gasteiger partial charge in [-0.3, -0.25) is 9.59 Å². The maximum Gasteiger partial charge on any atom is 0.341 e. The second-order valence-electron chi connectivity index (χ2n) is 5.77. The highest BCUT2D eigenvalue weighted by Crippen LogP contribution is 2.13. The van der Waals surface area contributed by atoms with Gasteiger partial charge < -0.3 is 20.1 Å². The molecule has 0 aliphatic rings. The number of carboxylic acids is 1. The molecule has 0 saturated heterocycles. The van der Waals surface area contributed by atoms with Crippen molar-refractivity contribution in [2.75, 3.05) is 32.1 Å². The summed E-state index contributed by atoms with van der Waals surface area (Å²) in [5.41, 5.74) is 0.420. The fraction of sp³-hybridized carbons (Fsp3) is 0.263. The number of benzene rings is 1. The van der Waals surface area contributed by atoms with E-state index in [2.05, 4.69) is 10.3 Å². The Bertz CT molecular complexity index is 778. The van der Waals surface area contributed by atoms with Crippen molar-refractivity contribution >= 4 is 23.5 Å². The Balaban J connectivity index is 1.78. The monoisotopic (exact) mass is 371 g/mol. The summed E-state index contributed by atoms with van der Waals surface area (Å²) in [7, 11) is 1.57. The van der Waals surface area contributed by atoms with Gasteiger partial charge in [0.2, 0.25) is 5.91 Å². The summed E-state index contributed by atoms with van der Waals surface area (Å²) >= 11 is 0. The minimum absolute atomic E-state index is 0.0439. The van der Waals surface area contributed by atoms with E-state index >= 15 is 0 Å². The van der Waals surface area contributed by atoms with Crippen molar-refractivity contribution in [2.45, 2.75) is 6.42 Å². The maximum atomic E-state index is 12.3. The number of carbonyl (C=O) groups is 3. The molecule has 0 atom stereocenters. The van der Waals surface area contributed by atoms with Crippen molar-refractivity contribution < 1.29 is 24.2 Å². The molecule has 0 bridgehead atoms. The average molecular weight is 371 g/mol. The van der Waals surface area contributed by atoms with Crippen molar-refractivity contribution in [1.82, 2.24) is 9.88 Å². The van der Waals surface area contributed by atoms with Gasteiger partial charge in [-0.05, 0) is 36.4 Å². The van der Waals surface area contributed by atoms with Crippen LogP contribution in [0.4, 0.5) is 5.82 Å². The van der Waals surface area contributed by atoms with E-state index in [1.165, 1.54) is 17.0 Å². The molecule has 1 amide bonds. The summed E-state index contributed by atoms with van der Waals surface area (Å²) < 4.78 is 5.01. The molecule has 0 fully saturated rings. The predicted molar refractivity (Wildman–Crippen MR) is 98.9 cm³/mol. The Morgan fingerprint density at radius 1 is 1.15 bits per heavy atom. The predicted octanol–water partition coefficient (Wildman–Crippen LogP) is 1.69. The zero-order chi connectivity index (χ0) is 19.6. The number of rotatable bonds is 10. The molecule has 1 heterocycles. The van der Waals surface area contributed by atoms with Gasteiger partial charge in [0.25, 0.3) is 0 Å². The third kappa shape index (κ3) is 6.77. The summed E-state index contributed by atoms with van der Waals surface area (Å²) in [6.07, 6.45) is 1.90. The van der Waals surface area contributed by atoms with E-state index in [1.807, 2.05) is 12.1 Å². The molecule has 1 aromatic carbocycles. The van der Waals surface area contributed by atoms with Crippen molar-refractivity contribution in [1.29, 1.82) is 0 Å². The Kier molecular flexibility index (Phi) is 7.30. The number of amides is 1. The fourth-order valence-electron chi connectivity index (χ4n) is 2.23. The number of hydrogen-bond acceptors (Lipinski definition) is 6. The molecule has 0 unspecified atom stereocenters. The molecule has 0 radical (unpaired) electrons. The number of carboxylic acid groups (broad SMARTS) is 1. The van der Waals surface area contributed by atoms with Crippen LogP contribution in [0.15, 0.2) is 48.7 Å². The molecule has 142 valence electrons. The minimum Gasteiger partial charge on any atom is -0.482 e. The summed E-state index contributed by atoms with van der Waals surface area (Å²) in [4.78, 5) is 40.4. The second kappa shape index (κ2) is 9.91. The Morgan fingerprint density at radius 2 is 1.89 bits per heavy atom. The standard InChI is InChI=1S/C19H21N3O5/c1-22(18(24)9-11-21-17-4-2-3-10-20-17)12-16(23)14-5-7-15(8-6-14)27-13-19(25)26/h2-8,10H,9,11-13H2,1H3,(H,20,21)(H,25,26). The van der Waals surface area contributed by atoms with Crippen LogP contribution in [0.3, 0.4) is 0 Å². The number of carbonyl (C=O) groups excluding carboxylic acids is 2. The summed E-state index contributed by atoms with van der Waals surface area (Å²) in [6, 6.07) is 11.6. The second-order valence-corrected chi connectivity index (χ2v) is 5.77. The molecule has 2 aromatic rings. The molecule has 2 rings (SSSR count). The minimum atomic E-state index is -1.08. The zero-order valence-corrected chi connectivity index (χ0v) is 14.9. The average Bonchev–Trinajstić information content (AvgIpc) is 2.67. The fourth-order valence-corrected chi connectivity index (χ4v) is 2.23. The molecule has 0 aliphatic heterocycles. The number of Topliss-reactive ketones (excluding diaryl/α,β-unsaturated/α-hetero) is 1. The Morgan fingerprint density at radius 3 is 2.52 bits per heavy atom. The van der Waals surface area contributed by atoms with E-state index < -0.39 is 12.6 Å². The van der Waals surface area contributed by atoms with Gasteiger partial charge in [-0.25, -0.2) is 9.78 Å². The SMILES string of the molecule is CN(CC(=O)c1ccc(OCC(=O)O)cc1)C(=O)CCNc1ccccn1. The van der Waals surface area contributed by atoms with Crippen LogP contribution in [0.2, 0.25) is 0 Å². The third-order valence-electron chi connectivity index (χ3n) is 3.66. The van der Waals surface area contributed by atoms with E-state index in [-0.39, 0.29) is 24.7 Å². The summed E-state index contributed by atoms with van der Waals surface area (Å²) in [5.74, 6) is -0.400. The highest BCUT2D eigenvalue weighted by molar-refractivity contribution is 5.99. The number of hydrogen-bond donors (Lipinski definition) is 2. The number of pyridine rings is 1. The molecule has 8 nitrogen and oxygen atoms in total. The molecular formula is C19H21N3O5. The smallest absolute Gasteiger partial charge is 0.341 e. The normalized spacial score (nSPS) is 10.1. The topological polar surface area (TPSA) is 109 Å². The van der Waals surface area contributed by atoms with Crippen molar-refractivity contribution in [3.63, 3.8) is 0 Å². The molecule has 8 heteroatoms. The lowest BCUT2D eigenvalue weighted by Gasteiger charge is -2.16.